The largest absolute Gasteiger partial charge is 0.482 e. The van der Waals surface area contributed by atoms with Crippen LogP contribution in [-0.4, -0.2) is 46.3 Å². The van der Waals surface area contributed by atoms with Gasteiger partial charge in [0.1, 0.15) is 18.0 Å². The quantitative estimate of drug-likeness (QED) is 0.528. The van der Waals surface area contributed by atoms with E-state index in [-0.39, 0.29) is 23.4 Å². The van der Waals surface area contributed by atoms with Gasteiger partial charge in [-0.15, -0.1) is 0 Å². The summed E-state index contributed by atoms with van der Waals surface area (Å²) in [5, 5.41) is 23.5. The van der Waals surface area contributed by atoms with E-state index in [0.29, 0.717) is 6.54 Å². The summed E-state index contributed by atoms with van der Waals surface area (Å²) >= 11 is 0. The molecule has 0 aromatic rings. The van der Waals surface area contributed by atoms with E-state index in [1.165, 1.54) is 18.2 Å². The van der Waals surface area contributed by atoms with Gasteiger partial charge in [0.25, 0.3) is 0 Å². The summed E-state index contributed by atoms with van der Waals surface area (Å²) in [5.41, 5.74) is -1.20. The minimum Gasteiger partial charge on any atom is -0.482 e. The van der Waals surface area contributed by atoms with Gasteiger partial charge in [0.15, 0.2) is 11.4 Å². The van der Waals surface area contributed by atoms with Crippen molar-refractivity contribution in [3.05, 3.63) is 109 Å². The van der Waals surface area contributed by atoms with Crippen LogP contribution in [0.2, 0.25) is 0 Å². The molecule has 3 N–H and O–H groups in total. The summed E-state index contributed by atoms with van der Waals surface area (Å²) in [6.45, 7) is 4.14. The van der Waals surface area contributed by atoms with Crippen molar-refractivity contribution in [3.63, 3.8) is 0 Å². The molecule has 2 rings (SSSR count). The van der Waals surface area contributed by atoms with E-state index >= 15 is 0 Å². The zero-order valence-corrected chi connectivity index (χ0v) is 18.9. The molecule has 1 saturated heterocycles. The summed E-state index contributed by atoms with van der Waals surface area (Å²) in [5.74, 6) is -0.381. The van der Waals surface area contributed by atoms with Crippen LogP contribution in [0.5, 0.6) is 0 Å². The van der Waals surface area contributed by atoms with Gasteiger partial charge in [-0.25, -0.2) is 0 Å². The van der Waals surface area contributed by atoms with E-state index in [9.17, 15) is 19.8 Å². The Balaban J connectivity index is 2.19. The first-order valence-electron chi connectivity index (χ1n) is 10.8. The number of ether oxygens (including phenoxy) is 1. The third kappa shape index (κ3) is 8.88. The Morgan fingerprint density at radius 2 is 1.45 bits per heavy atom. The zero-order chi connectivity index (χ0) is 24.1. The Morgan fingerprint density at radius 1 is 0.879 bits per heavy atom. The molecule has 0 aliphatic carbocycles. The maximum atomic E-state index is 12.1. The molecule has 2 bridgehead atoms. The molecule has 33 heavy (non-hydrogen) atoms. The van der Waals surface area contributed by atoms with Gasteiger partial charge in [-0.2, -0.15) is 0 Å². The van der Waals surface area contributed by atoms with Crippen LogP contribution in [0.3, 0.4) is 0 Å². The minimum absolute atomic E-state index is 0.00617. The number of carbonyl (C=O) groups is 2. The first-order chi connectivity index (χ1) is 15.8. The maximum Gasteiger partial charge on any atom is 0.243 e. The fraction of sp³-hybridized carbons (Fsp3) is 0.259. The van der Waals surface area contributed by atoms with Crippen LogP contribution in [0.25, 0.3) is 0 Å². The number of rotatable bonds is 0. The first kappa shape index (κ1) is 25.8. The molecule has 0 unspecified atom stereocenters. The summed E-state index contributed by atoms with van der Waals surface area (Å²) in [7, 11) is 0. The van der Waals surface area contributed by atoms with Gasteiger partial charge in [0, 0.05) is 18.7 Å². The fourth-order valence-electron chi connectivity index (χ4n) is 2.98. The standard InChI is InChI=1S/C27H31NO5/c1-21-15-11-7-5-3-4-6-8-12-16-22(29)19-23-25(31)26(32)27(2,33-23)18-14-10-9-13-17-24(30)28-20-21/h3-19,21,25-26,31-32H,20H2,1-2H3,(H,28,30)/t21-,25-,26+,27-/m1/s1. The number of allylic oxidation sites excluding steroid dienone is 14. The highest BCUT2D eigenvalue weighted by Crippen LogP contribution is 2.34. The zero-order valence-electron chi connectivity index (χ0n) is 18.9. The highest BCUT2D eigenvalue weighted by atomic mass is 16.5. The number of aliphatic hydroxyl groups is 2. The topological polar surface area (TPSA) is 95.9 Å². The monoisotopic (exact) mass is 449 g/mol. The average molecular weight is 450 g/mol. The van der Waals surface area contributed by atoms with Crippen LogP contribution in [-0.2, 0) is 14.3 Å². The van der Waals surface area contributed by atoms with Crippen LogP contribution < -0.4 is 5.32 Å². The number of carbonyl (C=O) groups excluding carboxylic acids is 2. The van der Waals surface area contributed by atoms with E-state index in [0.717, 1.165) is 0 Å². The van der Waals surface area contributed by atoms with Crippen LogP contribution in [0.1, 0.15) is 13.8 Å². The van der Waals surface area contributed by atoms with Gasteiger partial charge in [-0.05, 0) is 25.0 Å². The Morgan fingerprint density at radius 3 is 2.15 bits per heavy atom. The van der Waals surface area contributed by atoms with Crippen molar-refractivity contribution in [1.29, 1.82) is 0 Å². The molecule has 1 fully saturated rings. The van der Waals surface area contributed by atoms with Crippen molar-refractivity contribution in [2.45, 2.75) is 31.7 Å². The molecule has 0 aromatic carbocycles. The molecule has 2 aliphatic heterocycles. The normalized spacial score (nSPS) is 29.3. The molecule has 6 heteroatoms. The third-order valence-corrected chi connectivity index (χ3v) is 4.88. The van der Waals surface area contributed by atoms with E-state index in [1.54, 1.807) is 55.5 Å². The highest BCUT2D eigenvalue weighted by molar-refractivity contribution is 5.99. The van der Waals surface area contributed by atoms with Crippen molar-refractivity contribution < 1.29 is 24.5 Å². The first-order valence-corrected chi connectivity index (χ1v) is 10.8. The predicted octanol–water partition coefficient (Wildman–Crippen LogP) is 3.17. The third-order valence-electron chi connectivity index (χ3n) is 4.88. The lowest BCUT2D eigenvalue weighted by atomic mass is 9.96. The van der Waals surface area contributed by atoms with E-state index in [1.807, 2.05) is 43.4 Å². The molecule has 0 spiro atoms. The second kappa shape index (κ2) is 13.2. The molecular formula is C27H31NO5. The summed E-state index contributed by atoms with van der Waals surface area (Å²) in [6, 6.07) is 0. The van der Waals surface area contributed by atoms with E-state index < -0.39 is 17.8 Å². The van der Waals surface area contributed by atoms with E-state index in [2.05, 4.69) is 5.32 Å². The van der Waals surface area contributed by atoms with Crippen molar-refractivity contribution in [2.24, 2.45) is 5.92 Å². The van der Waals surface area contributed by atoms with Crippen LogP contribution >= 0.6 is 0 Å². The second-order valence-corrected chi connectivity index (χ2v) is 7.85. The number of nitrogens with one attached hydrogen (secondary N) is 1. The van der Waals surface area contributed by atoms with Gasteiger partial charge in [-0.1, -0.05) is 85.9 Å². The molecule has 6 nitrogen and oxygen atoms in total. The summed E-state index contributed by atoms with van der Waals surface area (Å²) < 4.78 is 5.68. The molecule has 1 amide bonds. The number of aliphatic hydroxyl groups excluding tert-OH is 2. The average Bonchev–Trinajstić information content (AvgIpc) is 2.99. The SMILES string of the molecule is C[C@@H]1C=CC=CC=CC=CC=CC(=O)C=C2O[C@](C)(C=CC=CC=CC(=O)NC1)[C@@H](O)[C@@H]2O. The molecular weight excluding hydrogens is 418 g/mol. The lowest BCUT2D eigenvalue weighted by molar-refractivity contribution is -0.116. The van der Waals surface area contributed by atoms with Gasteiger partial charge >= 0.3 is 0 Å². The number of fused-ring (bicyclic) bond motifs is 2. The van der Waals surface area contributed by atoms with Crippen molar-refractivity contribution >= 4 is 11.7 Å². The summed E-state index contributed by atoms with van der Waals surface area (Å²) in [4.78, 5) is 24.0. The molecule has 0 aromatic heterocycles. The van der Waals surface area contributed by atoms with Crippen LogP contribution in [0.4, 0.5) is 0 Å². The van der Waals surface area contributed by atoms with Gasteiger partial charge in [-0.3, -0.25) is 9.59 Å². The van der Waals surface area contributed by atoms with Crippen molar-refractivity contribution in [2.75, 3.05) is 6.54 Å². The number of amides is 1. The number of ketones is 1. The molecule has 174 valence electrons. The lowest BCUT2D eigenvalue weighted by Crippen LogP contribution is -2.38. The molecule has 2 heterocycles. The van der Waals surface area contributed by atoms with Crippen LogP contribution in [0.15, 0.2) is 109 Å². The minimum atomic E-state index is -1.31. The molecule has 2 aliphatic rings. The molecule has 0 saturated carbocycles. The van der Waals surface area contributed by atoms with Gasteiger partial charge in [0.2, 0.25) is 5.91 Å². The van der Waals surface area contributed by atoms with Crippen LogP contribution in [0, 0.1) is 5.92 Å². The Hall–Kier alpha value is -3.48. The fourth-order valence-corrected chi connectivity index (χ4v) is 2.98. The molecule has 4 atom stereocenters. The number of hydrogen-bond donors (Lipinski definition) is 3. The predicted molar refractivity (Wildman–Crippen MR) is 130 cm³/mol. The Labute approximate surface area is 195 Å². The van der Waals surface area contributed by atoms with E-state index in [4.69, 9.17) is 4.74 Å². The van der Waals surface area contributed by atoms with Gasteiger partial charge < -0.3 is 20.3 Å². The van der Waals surface area contributed by atoms with Crippen molar-refractivity contribution in [1.82, 2.24) is 5.32 Å². The highest BCUT2D eigenvalue weighted by Gasteiger charge is 2.47. The second-order valence-electron chi connectivity index (χ2n) is 7.85. The Bertz CT molecular complexity index is 961. The maximum absolute atomic E-state index is 12.1. The summed E-state index contributed by atoms with van der Waals surface area (Å²) in [6.07, 6.45) is 26.0. The number of hydrogen-bond acceptors (Lipinski definition) is 5. The van der Waals surface area contributed by atoms with Crippen molar-refractivity contribution in [3.8, 4) is 0 Å². The van der Waals surface area contributed by atoms with Gasteiger partial charge in [0.05, 0.1) is 0 Å². The molecule has 0 radical (unpaired) electrons. The lowest BCUT2D eigenvalue weighted by Gasteiger charge is -2.22. The Kier molecular flexibility index (Phi) is 10.3. The smallest absolute Gasteiger partial charge is 0.243 e.